The second kappa shape index (κ2) is 10.5. The molecule has 0 saturated carbocycles. The maximum absolute atomic E-state index is 12.4. The largest absolute Gasteiger partial charge is 0.466 e. The number of piperidine rings is 1. The number of hydrogen-bond acceptors (Lipinski definition) is 4. The summed E-state index contributed by atoms with van der Waals surface area (Å²) in [6.07, 6.45) is 2.60. The third kappa shape index (κ3) is 6.98. The number of ether oxygens (including phenoxy) is 1. The molecule has 1 aromatic rings. The van der Waals surface area contributed by atoms with Gasteiger partial charge in [-0.1, -0.05) is 38.1 Å². The lowest BCUT2D eigenvalue weighted by Crippen LogP contribution is -2.43. The minimum Gasteiger partial charge on any atom is -0.466 e. The fourth-order valence-electron chi connectivity index (χ4n) is 3.57. The van der Waals surface area contributed by atoms with Crippen LogP contribution < -0.4 is 5.32 Å². The molecule has 1 aliphatic heterocycles. The third-order valence-corrected chi connectivity index (χ3v) is 5.08. The van der Waals surface area contributed by atoms with Crippen molar-refractivity contribution >= 4 is 11.9 Å². The van der Waals surface area contributed by atoms with Crippen molar-refractivity contribution in [1.82, 2.24) is 10.2 Å². The fourth-order valence-corrected chi connectivity index (χ4v) is 3.57. The second-order valence-corrected chi connectivity index (χ2v) is 7.93. The molecule has 1 fully saturated rings. The number of esters is 1. The molecule has 0 aromatic heterocycles. The molecule has 1 N–H and O–H groups in total. The topological polar surface area (TPSA) is 58.6 Å². The van der Waals surface area contributed by atoms with E-state index in [2.05, 4.69) is 48.3 Å². The predicted octanol–water partition coefficient (Wildman–Crippen LogP) is 3.34. The molecular formula is C22H34N2O3. The number of nitrogens with one attached hydrogen (secondary N) is 1. The van der Waals surface area contributed by atoms with E-state index < -0.39 is 0 Å². The van der Waals surface area contributed by atoms with E-state index in [0.29, 0.717) is 19.1 Å². The Bertz CT molecular complexity index is 604. The van der Waals surface area contributed by atoms with Gasteiger partial charge in [0.2, 0.25) is 5.91 Å². The van der Waals surface area contributed by atoms with Crippen LogP contribution in [0.15, 0.2) is 24.3 Å². The highest BCUT2D eigenvalue weighted by Gasteiger charge is 2.27. The lowest BCUT2D eigenvalue weighted by Gasteiger charge is -2.30. The molecule has 1 saturated heterocycles. The van der Waals surface area contributed by atoms with Crippen molar-refractivity contribution in [2.75, 3.05) is 26.2 Å². The summed E-state index contributed by atoms with van der Waals surface area (Å²) >= 11 is 0. The van der Waals surface area contributed by atoms with Crippen LogP contribution in [0.2, 0.25) is 0 Å². The Hall–Kier alpha value is -1.88. The number of amides is 1. The molecule has 0 unspecified atom stereocenters. The van der Waals surface area contributed by atoms with E-state index in [1.54, 1.807) is 0 Å². The van der Waals surface area contributed by atoms with Crippen molar-refractivity contribution in [1.29, 1.82) is 0 Å². The van der Waals surface area contributed by atoms with Gasteiger partial charge in [0, 0.05) is 0 Å². The molecule has 5 heteroatoms. The standard InChI is InChI=1S/C22H34N2O3/c1-5-27-22(26)20-10-12-24(13-11-20)15-21(25)23-17(4)19-8-6-18(7-9-19)14-16(2)3/h6-9,16-17,20H,5,10-15H2,1-4H3,(H,23,25)/t17-/m1/s1. The Kier molecular flexibility index (Phi) is 8.29. The average Bonchev–Trinajstić information content (AvgIpc) is 2.62. The zero-order valence-corrected chi connectivity index (χ0v) is 17.2. The molecule has 1 aliphatic rings. The molecule has 150 valence electrons. The number of carbonyl (C=O) groups excluding carboxylic acids is 2. The van der Waals surface area contributed by atoms with Crippen molar-refractivity contribution in [3.05, 3.63) is 35.4 Å². The Morgan fingerprint density at radius 1 is 1.15 bits per heavy atom. The fraction of sp³-hybridized carbons (Fsp3) is 0.636. The van der Waals surface area contributed by atoms with Gasteiger partial charge in [-0.25, -0.2) is 0 Å². The number of likely N-dealkylation sites (tertiary alicyclic amines) is 1. The first-order valence-electron chi connectivity index (χ1n) is 10.2. The van der Waals surface area contributed by atoms with Gasteiger partial charge in [0.15, 0.2) is 0 Å². The molecule has 0 spiro atoms. The summed E-state index contributed by atoms with van der Waals surface area (Å²) in [7, 11) is 0. The van der Waals surface area contributed by atoms with Gasteiger partial charge in [0.25, 0.3) is 0 Å². The van der Waals surface area contributed by atoms with Gasteiger partial charge < -0.3 is 10.1 Å². The minimum atomic E-state index is -0.101. The van der Waals surface area contributed by atoms with Crippen molar-refractivity contribution in [2.45, 2.75) is 53.0 Å². The molecule has 1 aromatic carbocycles. The van der Waals surface area contributed by atoms with Crippen LogP contribution in [0.3, 0.4) is 0 Å². The molecular weight excluding hydrogens is 340 g/mol. The molecule has 0 radical (unpaired) electrons. The first-order chi connectivity index (χ1) is 12.9. The van der Waals surface area contributed by atoms with Crippen molar-refractivity contribution in [3.63, 3.8) is 0 Å². The van der Waals surface area contributed by atoms with Crippen LogP contribution in [-0.4, -0.2) is 43.0 Å². The monoisotopic (exact) mass is 374 g/mol. The number of rotatable bonds is 8. The molecule has 0 bridgehead atoms. The first kappa shape index (κ1) is 21.4. The summed E-state index contributed by atoms with van der Waals surface area (Å²) in [5.74, 6) is 0.549. The van der Waals surface area contributed by atoms with Gasteiger partial charge >= 0.3 is 5.97 Å². The lowest BCUT2D eigenvalue weighted by molar-refractivity contribution is -0.149. The van der Waals surface area contributed by atoms with Crippen LogP contribution in [-0.2, 0) is 20.7 Å². The van der Waals surface area contributed by atoms with E-state index >= 15 is 0 Å². The summed E-state index contributed by atoms with van der Waals surface area (Å²) < 4.78 is 5.09. The normalized spacial score (nSPS) is 16.9. The Morgan fingerprint density at radius 2 is 1.78 bits per heavy atom. The first-order valence-corrected chi connectivity index (χ1v) is 10.2. The molecule has 0 aliphatic carbocycles. The van der Waals surface area contributed by atoms with Gasteiger partial charge in [-0.05, 0) is 63.2 Å². The highest BCUT2D eigenvalue weighted by Crippen LogP contribution is 2.19. The van der Waals surface area contributed by atoms with Gasteiger partial charge in [0.05, 0.1) is 25.1 Å². The van der Waals surface area contributed by atoms with E-state index in [-0.39, 0.29) is 23.8 Å². The number of nitrogens with zero attached hydrogens (tertiary/aromatic N) is 1. The maximum atomic E-state index is 12.4. The smallest absolute Gasteiger partial charge is 0.309 e. The maximum Gasteiger partial charge on any atom is 0.309 e. The van der Waals surface area contributed by atoms with E-state index in [0.717, 1.165) is 37.9 Å². The summed E-state index contributed by atoms with van der Waals surface area (Å²) in [6, 6.07) is 8.50. The third-order valence-electron chi connectivity index (χ3n) is 5.08. The summed E-state index contributed by atoms with van der Waals surface area (Å²) in [4.78, 5) is 26.3. The second-order valence-electron chi connectivity index (χ2n) is 7.93. The molecule has 27 heavy (non-hydrogen) atoms. The quantitative estimate of drug-likeness (QED) is 0.709. The van der Waals surface area contributed by atoms with Gasteiger partial charge in [-0.2, -0.15) is 0 Å². The molecule has 5 nitrogen and oxygen atoms in total. The van der Waals surface area contributed by atoms with E-state index in [1.165, 1.54) is 5.56 Å². The number of benzene rings is 1. The zero-order valence-electron chi connectivity index (χ0n) is 17.2. The van der Waals surface area contributed by atoms with E-state index in [4.69, 9.17) is 4.74 Å². The number of carbonyl (C=O) groups is 2. The Morgan fingerprint density at radius 3 is 2.33 bits per heavy atom. The average molecular weight is 375 g/mol. The van der Waals surface area contributed by atoms with Crippen LogP contribution >= 0.6 is 0 Å². The molecule has 1 heterocycles. The highest BCUT2D eigenvalue weighted by molar-refractivity contribution is 5.78. The van der Waals surface area contributed by atoms with Gasteiger partial charge in [-0.15, -0.1) is 0 Å². The summed E-state index contributed by atoms with van der Waals surface area (Å²) in [5.41, 5.74) is 2.45. The van der Waals surface area contributed by atoms with Gasteiger partial charge in [0.1, 0.15) is 0 Å². The van der Waals surface area contributed by atoms with Gasteiger partial charge in [-0.3, -0.25) is 14.5 Å². The molecule has 1 atom stereocenters. The SMILES string of the molecule is CCOC(=O)C1CCN(CC(=O)N[C@H](C)c2ccc(CC(C)C)cc2)CC1. The van der Waals surface area contributed by atoms with Crippen LogP contribution in [0.1, 0.15) is 57.7 Å². The van der Waals surface area contributed by atoms with Crippen LogP contribution in [0.4, 0.5) is 0 Å². The summed E-state index contributed by atoms with van der Waals surface area (Å²) in [5, 5.41) is 3.09. The number of hydrogen-bond donors (Lipinski definition) is 1. The van der Waals surface area contributed by atoms with Crippen LogP contribution in [0.5, 0.6) is 0 Å². The molecule has 2 rings (SSSR count). The zero-order chi connectivity index (χ0) is 19.8. The van der Waals surface area contributed by atoms with Crippen molar-refractivity contribution < 1.29 is 14.3 Å². The predicted molar refractivity (Wildman–Crippen MR) is 107 cm³/mol. The minimum absolute atomic E-state index is 0.0114. The van der Waals surface area contributed by atoms with Crippen molar-refractivity contribution in [2.24, 2.45) is 11.8 Å². The van der Waals surface area contributed by atoms with Crippen LogP contribution in [0.25, 0.3) is 0 Å². The van der Waals surface area contributed by atoms with E-state index in [1.807, 2.05) is 13.8 Å². The van der Waals surface area contributed by atoms with Crippen molar-refractivity contribution in [3.8, 4) is 0 Å². The van der Waals surface area contributed by atoms with E-state index in [9.17, 15) is 9.59 Å². The molecule has 1 amide bonds. The summed E-state index contributed by atoms with van der Waals surface area (Å²) in [6.45, 7) is 10.6. The Balaban J connectivity index is 1.76. The van der Waals surface area contributed by atoms with Crippen LogP contribution in [0, 0.1) is 11.8 Å². The lowest BCUT2D eigenvalue weighted by atomic mass is 9.97. The Labute approximate surface area is 163 Å². The highest BCUT2D eigenvalue weighted by atomic mass is 16.5.